The summed E-state index contributed by atoms with van der Waals surface area (Å²) in [6, 6.07) is 8.90. The Kier molecular flexibility index (Phi) is 4.58. The molecular weight excluding hydrogens is 254 g/mol. The van der Waals surface area contributed by atoms with Crippen molar-refractivity contribution in [2.75, 3.05) is 7.11 Å². The maximum absolute atomic E-state index is 12.3. The van der Waals surface area contributed by atoms with Crippen LogP contribution in [0.25, 0.3) is 0 Å². The number of carbonyl (C=O) groups excluding carboxylic acids is 1. The molecule has 4 nitrogen and oxygen atoms in total. The second-order valence-corrected chi connectivity index (χ2v) is 4.73. The van der Waals surface area contributed by atoms with E-state index in [1.807, 2.05) is 38.1 Å². The molecule has 0 aliphatic rings. The van der Waals surface area contributed by atoms with Gasteiger partial charge in [0, 0.05) is 5.56 Å². The lowest BCUT2D eigenvalue weighted by molar-refractivity contribution is 0.0949. The zero-order chi connectivity index (χ0) is 14.5. The van der Waals surface area contributed by atoms with Crippen LogP contribution in [0.1, 0.15) is 28.6 Å². The molecule has 0 spiro atoms. The Balaban J connectivity index is 2.01. The quantitative estimate of drug-likeness (QED) is 0.822. The van der Waals surface area contributed by atoms with Gasteiger partial charge in [0.1, 0.15) is 11.5 Å². The molecule has 4 heteroatoms. The molecule has 1 heterocycles. The molecule has 0 radical (unpaired) electrons. The van der Waals surface area contributed by atoms with Crippen molar-refractivity contribution in [3.63, 3.8) is 0 Å². The molecule has 0 saturated carbocycles. The van der Waals surface area contributed by atoms with Crippen molar-refractivity contribution < 1.29 is 13.9 Å². The Morgan fingerprint density at radius 1 is 1.40 bits per heavy atom. The Labute approximate surface area is 118 Å². The van der Waals surface area contributed by atoms with Gasteiger partial charge in [0.15, 0.2) is 5.78 Å². The molecule has 1 N–H and O–H groups in total. The Hall–Kier alpha value is -2.07. The molecule has 1 aromatic carbocycles. The number of ketones is 1. The molecule has 2 aromatic rings. The average molecular weight is 273 g/mol. The Morgan fingerprint density at radius 2 is 2.20 bits per heavy atom. The predicted molar refractivity (Wildman–Crippen MR) is 77.1 cm³/mol. The average Bonchev–Trinajstić information content (AvgIpc) is 2.97. The zero-order valence-corrected chi connectivity index (χ0v) is 12.0. The SMILES string of the molecule is COc1ccc(C(=O)C(C)NCc2ccco2)cc1C. The number of nitrogens with one attached hydrogen (secondary N) is 1. The number of hydrogen-bond acceptors (Lipinski definition) is 4. The minimum absolute atomic E-state index is 0.0577. The van der Waals surface area contributed by atoms with Crippen LogP contribution < -0.4 is 10.1 Å². The van der Waals surface area contributed by atoms with E-state index in [0.717, 1.165) is 17.1 Å². The number of Topliss-reactive ketones (excluding diaryl/α,β-unsaturated/α-hetero) is 1. The van der Waals surface area contributed by atoms with Gasteiger partial charge in [-0.05, 0) is 49.7 Å². The molecular formula is C16H19NO3. The molecule has 1 atom stereocenters. The van der Waals surface area contributed by atoms with Crippen molar-refractivity contribution in [3.8, 4) is 5.75 Å². The van der Waals surface area contributed by atoms with Crippen LogP contribution in [0.3, 0.4) is 0 Å². The second kappa shape index (κ2) is 6.39. The first kappa shape index (κ1) is 14.3. The smallest absolute Gasteiger partial charge is 0.179 e. The number of aryl methyl sites for hydroxylation is 1. The highest BCUT2D eigenvalue weighted by Crippen LogP contribution is 2.19. The second-order valence-electron chi connectivity index (χ2n) is 4.73. The lowest BCUT2D eigenvalue weighted by Crippen LogP contribution is -2.33. The van der Waals surface area contributed by atoms with E-state index in [1.54, 1.807) is 19.4 Å². The van der Waals surface area contributed by atoms with Gasteiger partial charge in [0.25, 0.3) is 0 Å². The highest BCUT2D eigenvalue weighted by atomic mass is 16.5. The van der Waals surface area contributed by atoms with Gasteiger partial charge in [-0.2, -0.15) is 0 Å². The van der Waals surface area contributed by atoms with Gasteiger partial charge in [0.05, 0.1) is 26.0 Å². The van der Waals surface area contributed by atoms with E-state index < -0.39 is 0 Å². The van der Waals surface area contributed by atoms with Gasteiger partial charge >= 0.3 is 0 Å². The molecule has 106 valence electrons. The summed E-state index contributed by atoms with van der Waals surface area (Å²) in [7, 11) is 1.62. The summed E-state index contributed by atoms with van der Waals surface area (Å²) in [6.07, 6.45) is 1.62. The fourth-order valence-electron chi connectivity index (χ4n) is 2.04. The van der Waals surface area contributed by atoms with E-state index in [2.05, 4.69) is 5.32 Å². The number of benzene rings is 1. The first-order chi connectivity index (χ1) is 9.61. The van der Waals surface area contributed by atoms with Gasteiger partial charge < -0.3 is 14.5 Å². The molecule has 20 heavy (non-hydrogen) atoms. The van der Waals surface area contributed by atoms with Gasteiger partial charge in [-0.3, -0.25) is 4.79 Å². The minimum atomic E-state index is -0.270. The van der Waals surface area contributed by atoms with Crippen LogP contribution in [0.5, 0.6) is 5.75 Å². The van der Waals surface area contributed by atoms with Crippen molar-refractivity contribution >= 4 is 5.78 Å². The third kappa shape index (κ3) is 3.27. The maximum Gasteiger partial charge on any atom is 0.179 e. The lowest BCUT2D eigenvalue weighted by atomic mass is 10.0. The largest absolute Gasteiger partial charge is 0.496 e. The fourth-order valence-corrected chi connectivity index (χ4v) is 2.04. The van der Waals surface area contributed by atoms with Crippen LogP contribution in [-0.2, 0) is 6.54 Å². The summed E-state index contributed by atoms with van der Waals surface area (Å²) < 4.78 is 10.4. The van der Waals surface area contributed by atoms with Crippen LogP contribution in [-0.4, -0.2) is 18.9 Å². The highest BCUT2D eigenvalue weighted by molar-refractivity contribution is 6.00. The number of furan rings is 1. The van der Waals surface area contributed by atoms with Crippen LogP contribution in [0.2, 0.25) is 0 Å². The molecule has 0 saturated heterocycles. The normalized spacial score (nSPS) is 12.2. The topological polar surface area (TPSA) is 51.5 Å². The minimum Gasteiger partial charge on any atom is -0.496 e. The number of methoxy groups -OCH3 is 1. The summed E-state index contributed by atoms with van der Waals surface area (Å²) >= 11 is 0. The molecule has 1 unspecified atom stereocenters. The number of hydrogen-bond donors (Lipinski definition) is 1. The van der Waals surface area contributed by atoms with E-state index in [0.29, 0.717) is 12.1 Å². The zero-order valence-electron chi connectivity index (χ0n) is 12.0. The van der Waals surface area contributed by atoms with E-state index in [9.17, 15) is 4.79 Å². The van der Waals surface area contributed by atoms with E-state index >= 15 is 0 Å². The molecule has 0 amide bonds. The van der Waals surface area contributed by atoms with E-state index in [-0.39, 0.29) is 11.8 Å². The van der Waals surface area contributed by atoms with Crippen molar-refractivity contribution in [2.24, 2.45) is 0 Å². The van der Waals surface area contributed by atoms with Crippen molar-refractivity contribution in [1.82, 2.24) is 5.32 Å². The van der Waals surface area contributed by atoms with Gasteiger partial charge in [-0.25, -0.2) is 0 Å². The standard InChI is InChI=1S/C16H19NO3/c1-11-9-13(6-7-15(11)19-3)16(18)12(2)17-10-14-5-4-8-20-14/h4-9,12,17H,10H2,1-3H3. The van der Waals surface area contributed by atoms with Crippen LogP contribution >= 0.6 is 0 Å². The number of carbonyl (C=O) groups is 1. The monoisotopic (exact) mass is 273 g/mol. The summed E-state index contributed by atoms with van der Waals surface area (Å²) in [5.41, 5.74) is 1.64. The molecule has 2 rings (SSSR count). The van der Waals surface area contributed by atoms with Crippen LogP contribution in [0.15, 0.2) is 41.0 Å². The summed E-state index contributed by atoms with van der Waals surface area (Å²) in [6.45, 7) is 4.32. The highest BCUT2D eigenvalue weighted by Gasteiger charge is 2.16. The summed E-state index contributed by atoms with van der Waals surface area (Å²) in [5, 5.41) is 3.16. The Morgan fingerprint density at radius 3 is 2.80 bits per heavy atom. The van der Waals surface area contributed by atoms with Gasteiger partial charge in [0.2, 0.25) is 0 Å². The van der Waals surface area contributed by atoms with E-state index in [4.69, 9.17) is 9.15 Å². The van der Waals surface area contributed by atoms with Gasteiger partial charge in [-0.15, -0.1) is 0 Å². The predicted octanol–water partition coefficient (Wildman–Crippen LogP) is 2.96. The van der Waals surface area contributed by atoms with Gasteiger partial charge in [-0.1, -0.05) is 0 Å². The third-order valence-electron chi connectivity index (χ3n) is 3.24. The molecule has 0 bridgehead atoms. The molecule has 0 aliphatic carbocycles. The lowest BCUT2D eigenvalue weighted by Gasteiger charge is -2.13. The van der Waals surface area contributed by atoms with E-state index in [1.165, 1.54) is 0 Å². The molecule has 0 aliphatic heterocycles. The first-order valence-corrected chi connectivity index (χ1v) is 6.56. The molecule has 1 aromatic heterocycles. The number of ether oxygens (including phenoxy) is 1. The van der Waals surface area contributed by atoms with Crippen molar-refractivity contribution in [2.45, 2.75) is 26.4 Å². The summed E-state index contributed by atoms with van der Waals surface area (Å²) in [4.78, 5) is 12.3. The van der Waals surface area contributed by atoms with Crippen molar-refractivity contribution in [1.29, 1.82) is 0 Å². The first-order valence-electron chi connectivity index (χ1n) is 6.56. The number of rotatable bonds is 6. The van der Waals surface area contributed by atoms with Crippen molar-refractivity contribution in [3.05, 3.63) is 53.5 Å². The summed E-state index contributed by atoms with van der Waals surface area (Å²) in [5.74, 6) is 1.66. The third-order valence-corrected chi connectivity index (χ3v) is 3.24. The Bertz CT molecular complexity index is 575. The van der Waals surface area contributed by atoms with Crippen LogP contribution in [0.4, 0.5) is 0 Å². The van der Waals surface area contributed by atoms with Crippen LogP contribution in [0, 0.1) is 6.92 Å². The fraction of sp³-hybridized carbons (Fsp3) is 0.312. The maximum atomic E-state index is 12.3. The molecule has 0 fully saturated rings.